The average molecular weight is 480 g/mol. The molecule has 1 aliphatic rings. The van der Waals surface area contributed by atoms with Gasteiger partial charge in [0.2, 0.25) is 0 Å². The fourth-order valence-electron chi connectivity index (χ4n) is 4.59. The molecule has 2 aromatic rings. The molecule has 6 nitrogen and oxygen atoms in total. The van der Waals surface area contributed by atoms with Crippen LogP contribution in [0.1, 0.15) is 66.7 Å². The van der Waals surface area contributed by atoms with Gasteiger partial charge in [-0.2, -0.15) is 0 Å². The van der Waals surface area contributed by atoms with Crippen LogP contribution in [0.3, 0.4) is 0 Å². The maximum atomic E-state index is 13.7. The number of rotatable bonds is 4. The highest BCUT2D eigenvalue weighted by Crippen LogP contribution is 2.24. The van der Waals surface area contributed by atoms with Crippen molar-refractivity contribution in [3.8, 4) is 5.75 Å². The molecule has 0 saturated carbocycles. The summed E-state index contributed by atoms with van der Waals surface area (Å²) in [7, 11) is 5.84. The molecule has 0 aliphatic carbocycles. The zero-order valence-electron chi connectivity index (χ0n) is 22.0. The molecule has 2 aromatic carbocycles. The van der Waals surface area contributed by atoms with Crippen molar-refractivity contribution < 1.29 is 14.3 Å². The number of carbonyl (C=O) groups is 2. The fourth-order valence-corrected chi connectivity index (χ4v) is 4.59. The molecule has 1 heterocycles. The van der Waals surface area contributed by atoms with E-state index in [1.54, 1.807) is 4.90 Å². The second-order valence-corrected chi connectivity index (χ2v) is 10.2. The predicted molar refractivity (Wildman–Crippen MR) is 142 cm³/mol. The van der Waals surface area contributed by atoms with Crippen molar-refractivity contribution in [3.05, 3.63) is 59.7 Å². The Kier molecular flexibility index (Phi) is 9.58. The van der Waals surface area contributed by atoms with Gasteiger partial charge in [-0.1, -0.05) is 38.8 Å². The summed E-state index contributed by atoms with van der Waals surface area (Å²) in [6.07, 6.45) is 4.77. The lowest BCUT2D eigenvalue weighted by molar-refractivity contribution is 0.0567. The molecule has 0 spiro atoms. The SMILES string of the molecule is CC(C)C[C@H]1COc2ccccc2C(=O)N(C)CCCCCCN1C(=O)c1ccc(N(C)C)cc1. The van der Waals surface area contributed by atoms with Gasteiger partial charge in [-0.15, -0.1) is 0 Å². The lowest BCUT2D eigenvalue weighted by Gasteiger charge is -2.34. The predicted octanol–water partition coefficient (Wildman–Crippen LogP) is 5.33. The first kappa shape index (κ1) is 26.6. The Morgan fingerprint density at radius 3 is 2.31 bits per heavy atom. The van der Waals surface area contributed by atoms with Gasteiger partial charge in [0, 0.05) is 45.5 Å². The zero-order chi connectivity index (χ0) is 25.4. The van der Waals surface area contributed by atoms with E-state index in [1.807, 2.05) is 79.5 Å². The zero-order valence-corrected chi connectivity index (χ0v) is 22.0. The lowest BCUT2D eigenvalue weighted by atomic mass is 10.0. The molecule has 0 fully saturated rings. The van der Waals surface area contributed by atoms with Crippen LogP contribution < -0.4 is 9.64 Å². The normalized spacial score (nSPS) is 18.0. The van der Waals surface area contributed by atoms with E-state index < -0.39 is 0 Å². The van der Waals surface area contributed by atoms with Crippen LogP contribution in [0.15, 0.2) is 48.5 Å². The van der Waals surface area contributed by atoms with E-state index in [9.17, 15) is 9.59 Å². The van der Waals surface area contributed by atoms with E-state index >= 15 is 0 Å². The third-order valence-electron chi connectivity index (χ3n) is 6.61. The lowest BCUT2D eigenvalue weighted by Crippen LogP contribution is -2.45. The quantitative estimate of drug-likeness (QED) is 0.594. The first-order valence-electron chi connectivity index (χ1n) is 12.8. The molecule has 35 heavy (non-hydrogen) atoms. The minimum absolute atomic E-state index is 0.0213. The maximum absolute atomic E-state index is 13.7. The second-order valence-electron chi connectivity index (χ2n) is 10.2. The minimum Gasteiger partial charge on any atom is -0.491 e. The number of hydrogen-bond donors (Lipinski definition) is 0. The summed E-state index contributed by atoms with van der Waals surface area (Å²) < 4.78 is 6.28. The molecular weight excluding hydrogens is 438 g/mol. The summed E-state index contributed by atoms with van der Waals surface area (Å²) in [6, 6.07) is 15.2. The number of para-hydroxylation sites is 1. The first-order valence-corrected chi connectivity index (χ1v) is 12.8. The molecule has 1 aliphatic heterocycles. The van der Waals surface area contributed by atoms with E-state index in [-0.39, 0.29) is 17.9 Å². The van der Waals surface area contributed by atoms with Crippen molar-refractivity contribution in [1.29, 1.82) is 0 Å². The molecule has 0 aromatic heterocycles. The summed E-state index contributed by atoms with van der Waals surface area (Å²) >= 11 is 0. The van der Waals surface area contributed by atoms with Crippen LogP contribution in [0.5, 0.6) is 5.75 Å². The number of carbonyl (C=O) groups excluding carboxylic acids is 2. The number of ether oxygens (including phenoxy) is 1. The molecular formula is C29H41N3O3. The molecule has 0 radical (unpaired) electrons. The van der Waals surface area contributed by atoms with Crippen molar-refractivity contribution in [3.63, 3.8) is 0 Å². The Balaban J connectivity index is 1.91. The highest BCUT2D eigenvalue weighted by molar-refractivity contribution is 5.97. The van der Waals surface area contributed by atoms with Crippen molar-refractivity contribution in [2.45, 2.75) is 52.0 Å². The van der Waals surface area contributed by atoms with Crippen LogP contribution in [0.2, 0.25) is 0 Å². The molecule has 2 amide bonds. The van der Waals surface area contributed by atoms with Gasteiger partial charge in [0.15, 0.2) is 0 Å². The highest BCUT2D eigenvalue weighted by Gasteiger charge is 2.27. The molecule has 0 N–H and O–H groups in total. The Morgan fingerprint density at radius 2 is 1.66 bits per heavy atom. The summed E-state index contributed by atoms with van der Waals surface area (Å²) in [4.78, 5) is 32.6. The molecule has 190 valence electrons. The third kappa shape index (κ3) is 7.23. The highest BCUT2D eigenvalue weighted by atomic mass is 16.5. The Labute approximate surface area is 210 Å². The van der Waals surface area contributed by atoms with Gasteiger partial charge in [-0.05, 0) is 61.6 Å². The number of fused-ring (bicyclic) bond motifs is 1. The Morgan fingerprint density at radius 1 is 1.00 bits per heavy atom. The van der Waals surface area contributed by atoms with Crippen molar-refractivity contribution in [1.82, 2.24) is 9.80 Å². The maximum Gasteiger partial charge on any atom is 0.257 e. The average Bonchev–Trinajstić information content (AvgIpc) is 2.85. The van der Waals surface area contributed by atoms with E-state index in [4.69, 9.17) is 4.74 Å². The molecule has 0 bridgehead atoms. The number of amides is 2. The molecule has 0 saturated heterocycles. The first-order chi connectivity index (χ1) is 16.8. The number of hydrogen-bond acceptors (Lipinski definition) is 4. The topological polar surface area (TPSA) is 53.1 Å². The van der Waals surface area contributed by atoms with E-state index in [2.05, 4.69) is 13.8 Å². The van der Waals surface area contributed by atoms with Gasteiger partial charge in [0.05, 0.1) is 11.6 Å². The van der Waals surface area contributed by atoms with Gasteiger partial charge in [0.25, 0.3) is 11.8 Å². The van der Waals surface area contributed by atoms with E-state index in [0.717, 1.165) is 37.8 Å². The van der Waals surface area contributed by atoms with Crippen LogP contribution >= 0.6 is 0 Å². The fraction of sp³-hybridized carbons (Fsp3) is 0.517. The van der Waals surface area contributed by atoms with Crippen LogP contribution in [0.25, 0.3) is 0 Å². The molecule has 6 heteroatoms. The minimum atomic E-state index is -0.0835. The van der Waals surface area contributed by atoms with Crippen LogP contribution in [-0.2, 0) is 0 Å². The van der Waals surface area contributed by atoms with E-state index in [0.29, 0.717) is 42.5 Å². The van der Waals surface area contributed by atoms with E-state index in [1.165, 1.54) is 0 Å². The number of nitrogens with zero attached hydrogens (tertiary/aromatic N) is 3. The van der Waals surface area contributed by atoms with Crippen molar-refractivity contribution in [2.24, 2.45) is 5.92 Å². The summed E-state index contributed by atoms with van der Waals surface area (Å²) in [5, 5.41) is 0. The van der Waals surface area contributed by atoms with Crippen LogP contribution in [0, 0.1) is 5.92 Å². The number of anilines is 1. The van der Waals surface area contributed by atoms with Crippen molar-refractivity contribution in [2.75, 3.05) is 45.7 Å². The molecule has 3 rings (SSSR count). The Bertz CT molecular complexity index is 971. The monoisotopic (exact) mass is 479 g/mol. The summed E-state index contributed by atoms with van der Waals surface area (Å²) in [6.45, 7) is 6.11. The largest absolute Gasteiger partial charge is 0.491 e. The van der Waals surface area contributed by atoms with Gasteiger partial charge in [-0.3, -0.25) is 9.59 Å². The molecule has 0 unspecified atom stereocenters. The third-order valence-corrected chi connectivity index (χ3v) is 6.61. The van der Waals surface area contributed by atoms with Crippen molar-refractivity contribution >= 4 is 17.5 Å². The molecule has 1 atom stereocenters. The Hall–Kier alpha value is -3.02. The van der Waals surface area contributed by atoms with Gasteiger partial charge < -0.3 is 19.4 Å². The summed E-state index contributed by atoms with van der Waals surface area (Å²) in [5.41, 5.74) is 2.34. The van der Waals surface area contributed by atoms with Gasteiger partial charge in [0.1, 0.15) is 12.4 Å². The standard InChI is InChI=1S/C29H41N3O3/c1-22(2)20-25-21-35-27-13-9-8-12-26(27)29(34)31(5)18-10-6-7-11-19-32(25)28(33)23-14-16-24(17-15-23)30(3)4/h8-9,12-17,22,25H,6-7,10-11,18-21H2,1-5H3/t25-/m0/s1. The number of benzene rings is 2. The smallest absolute Gasteiger partial charge is 0.257 e. The summed E-state index contributed by atoms with van der Waals surface area (Å²) in [5.74, 6) is 1.00. The second kappa shape index (κ2) is 12.6. The van der Waals surface area contributed by atoms with Crippen LogP contribution in [-0.4, -0.2) is 68.5 Å². The van der Waals surface area contributed by atoms with Gasteiger partial charge in [-0.25, -0.2) is 0 Å². The van der Waals surface area contributed by atoms with Gasteiger partial charge >= 0.3 is 0 Å². The van der Waals surface area contributed by atoms with Crippen LogP contribution in [0.4, 0.5) is 5.69 Å².